The number of carbonyl (C=O) groups excluding carboxylic acids is 2. The number of rotatable bonds is 4. The van der Waals surface area contributed by atoms with Gasteiger partial charge >= 0.3 is 6.03 Å². The molecule has 1 aromatic heterocycles. The fourth-order valence-corrected chi connectivity index (χ4v) is 3.07. The standard InChI is InChI=1S/C19H17ClN6O2/c1-12-22-17(24-26(12)16-6-2-13(20)3-7-16)18(27)23-14-4-8-15(9-5-14)25-11-10-21-19(25)28/h2-9H,10-11H2,1H3,(H,21,28)(H,23,27). The molecule has 0 atom stereocenters. The van der Waals surface area contributed by atoms with Gasteiger partial charge in [0.25, 0.3) is 5.91 Å². The summed E-state index contributed by atoms with van der Waals surface area (Å²) in [6.07, 6.45) is 0. The molecule has 1 fully saturated rings. The number of benzene rings is 2. The number of aryl methyl sites for hydroxylation is 1. The van der Waals surface area contributed by atoms with Crippen molar-refractivity contribution in [2.24, 2.45) is 0 Å². The summed E-state index contributed by atoms with van der Waals surface area (Å²) in [4.78, 5) is 30.1. The monoisotopic (exact) mass is 396 g/mol. The third-order valence-corrected chi connectivity index (χ3v) is 4.59. The molecule has 0 spiro atoms. The molecule has 2 N–H and O–H groups in total. The van der Waals surface area contributed by atoms with Crippen molar-refractivity contribution in [3.63, 3.8) is 0 Å². The Morgan fingerprint density at radius 2 is 1.79 bits per heavy atom. The zero-order valence-corrected chi connectivity index (χ0v) is 15.8. The number of halogens is 1. The van der Waals surface area contributed by atoms with Crippen LogP contribution in [0.15, 0.2) is 48.5 Å². The summed E-state index contributed by atoms with van der Waals surface area (Å²) < 4.78 is 1.58. The highest BCUT2D eigenvalue weighted by Gasteiger charge is 2.21. The van der Waals surface area contributed by atoms with Crippen molar-refractivity contribution < 1.29 is 9.59 Å². The number of hydrogen-bond donors (Lipinski definition) is 2. The van der Waals surface area contributed by atoms with E-state index in [1.54, 1.807) is 65.0 Å². The molecule has 1 aliphatic heterocycles. The lowest BCUT2D eigenvalue weighted by Crippen LogP contribution is -2.27. The predicted octanol–water partition coefficient (Wildman–Crippen LogP) is 3.01. The number of nitrogens with one attached hydrogen (secondary N) is 2. The Morgan fingerprint density at radius 3 is 2.43 bits per heavy atom. The Morgan fingerprint density at radius 1 is 1.11 bits per heavy atom. The Hall–Kier alpha value is -3.39. The minimum atomic E-state index is -0.414. The fourth-order valence-electron chi connectivity index (χ4n) is 2.94. The highest BCUT2D eigenvalue weighted by Crippen LogP contribution is 2.20. The van der Waals surface area contributed by atoms with E-state index in [9.17, 15) is 9.59 Å². The molecule has 2 aromatic carbocycles. The van der Waals surface area contributed by atoms with E-state index in [4.69, 9.17) is 11.6 Å². The van der Waals surface area contributed by atoms with E-state index in [0.717, 1.165) is 11.4 Å². The zero-order chi connectivity index (χ0) is 19.7. The van der Waals surface area contributed by atoms with Crippen LogP contribution >= 0.6 is 11.6 Å². The Balaban J connectivity index is 1.49. The quantitative estimate of drug-likeness (QED) is 0.709. The van der Waals surface area contributed by atoms with Gasteiger partial charge < -0.3 is 10.6 Å². The minimum Gasteiger partial charge on any atom is -0.336 e. The number of carbonyl (C=O) groups is 2. The predicted molar refractivity (Wildman–Crippen MR) is 106 cm³/mol. The lowest BCUT2D eigenvalue weighted by Gasteiger charge is -2.14. The molecule has 9 heteroatoms. The van der Waals surface area contributed by atoms with Crippen molar-refractivity contribution in [1.29, 1.82) is 0 Å². The second-order valence-electron chi connectivity index (χ2n) is 6.26. The van der Waals surface area contributed by atoms with E-state index in [0.29, 0.717) is 29.6 Å². The first-order valence-electron chi connectivity index (χ1n) is 8.67. The smallest absolute Gasteiger partial charge is 0.321 e. The highest BCUT2D eigenvalue weighted by atomic mass is 35.5. The zero-order valence-electron chi connectivity index (χ0n) is 15.0. The van der Waals surface area contributed by atoms with Gasteiger partial charge in [0.1, 0.15) is 5.82 Å². The molecule has 0 radical (unpaired) electrons. The van der Waals surface area contributed by atoms with Crippen molar-refractivity contribution in [2.45, 2.75) is 6.92 Å². The van der Waals surface area contributed by atoms with E-state index in [-0.39, 0.29) is 11.9 Å². The lowest BCUT2D eigenvalue weighted by atomic mass is 10.2. The maximum atomic E-state index is 12.5. The highest BCUT2D eigenvalue weighted by molar-refractivity contribution is 6.30. The van der Waals surface area contributed by atoms with E-state index in [1.165, 1.54) is 0 Å². The van der Waals surface area contributed by atoms with Gasteiger partial charge in [-0.25, -0.2) is 14.5 Å². The van der Waals surface area contributed by atoms with Gasteiger partial charge in [-0.1, -0.05) is 11.6 Å². The molecule has 3 aromatic rings. The largest absolute Gasteiger partial charge is 0.336 e. The van der Waals surface area contributed by atoms with Gasteiger partial charge in [0.05, 0.1) is 5.69 Å². The van der Waals surface area contributed by atoms with Crippen LogP contribution in [0.3, 0.4) is 0 Å². The van der Waals surface area contributed by atoms with Gasteiger partial charge in [-0.3, -0.25) is 9.69 Å². The Labute approximate surface area is 166 Å². The lowest BCUT2D eigenvalue weighted by molar-refractivity contribution is 0.101. The third-order valence-electron chi connectivity index (χ3n) is 4.34. The molecule has 4 rings (SSSR count). The molecule has 142 valence electrons. The Kier molecular flexibility index (Phi) is 4.70. The van der Waals surface area contributed by atoms with Gasteiger partial charge in [-0.2, -0.15) is 0 Å². The second-order valence-corrected chi connectivity index (χ2v) is 6.69. The van der Waals surface area contributed by atoms with Crippen molar-refractivity contribution in [3.8, 4) is 5.69 Å². The summed E-state index contributed by atoms with van der Waals surface area (Å²) in [5.74, 6) is 0.237. The van der Waals surface area contributed by atoms with Gasteiger partial charge in [-0.05, 0) is 55.5 Å². The van der Waals surface area contributed by atoms with Crippen LogP contribution in [0.1, 0.15) is 16.4 Å². The van der Waals surface area contributed by atoms with Gasteiger partial charge in [-0.15, -0.1) is 5.10 Å². The van der Waals surface area contributed by atoms with E-state index in [2.05, 4.69) is 20.7 Å². The molecule has 28 heavy (non-hydrogen) atoms. The second kappa shape index (κ2) is 7.32. The minimum absolute atomic E-state index is 0.0652. The first-order chi connectivity index (χ1) is 13.5. The first kappa shape index (κ1) is 18.0. The summed E-state index contributed by atoms with van der Waals surface area (Å²) in [5, 5.41) is 10.4. The SMILES string of the molecule is Cc1nc(C(=O)Nc2ccc(N3CCNC3=O)cc2)nn1-c1ccc(Cl)cc1. The molecular weight excluding hydrogens is 380 g/mol. The van der Waals surface area contributed by atoms with Crippen LogP contribution in [0.2, 0.25) is 5.02 Å². The molecule has 0 aliphatic carbocycles. The number of anilines is 2. The molecule has 3 amide bonds. The average molecular weight is 397 g/mol. The van der Waals surface area contributed by atoms with E-state index < -0.39 is 5.91 Å². The maximum Gasteiger partial charge on any atom is 0.321 e. The number of amides is 3. The number of nitrogens with zero attached hydrogens (tertiary/aromatic N) is 4. The maximum absolute atomic E-state index is 12.5. The molecule has 8 nitrogen and oxygen atoms in total. The molecule has 1 saturated heterocycles. The van der Waals surface area contributed by atoms with Crippen LogP contribution in [0.4, 0.5) is 16.2 Å². The average Bonchev–Trinajstić information content (AvgIpc) is 3.29. The van der Waals surface area contributed by atoms with Crippen LogP contribution in [0.25, 0.3) is 5.69 Å². The summed E-state index contributed by atoms with van der Waals surface area (Å²) in [7, 11) is 0. The van der Waals surface area contributed by atoms with Gasteiger partial charge in [0.2, 0.25) is 5.82 Å². The van der Waals surface area contributed by atoms with Gasteiger partial charge in [0.15, 0.2) is 0 Å². The van der Waals surface area contributed by atoms with Crippen molar-refractivity contribution in [1.82, 2.24) is 20.1 Å². The van der Waals surface area contributed by atoms with E-state index >= 15 is 0 Å². The van der Waals surface area contributed by atoms with Crippen LogP contribution in [-0.4, -0.2) is 39.8 Å². The summed E-state index contributed by atoms with van der Waals surface area (Å²) in [6, 6.07) is 14.0. The Bertz CT molecular complexity index is 1030. The van der Waals surface area contributed by atoms with Crippen LogP contribution < -0.4 is 15.5 Å². The van der Waals surface area contributed by atoms with Gasteiger partial charge in [0, 0.05) is 29.5 Å². The summed E-state index contributed by atoms with van der Waals surface area (Å²) in [5.41, 5.74) is 2.13. The van der Waals surface area contributed by atoms with Crippen molar-refractivity contribution >= 4 is 34.9 Å². The summed E-state index contributed by atoms with van der Waals surface area (Å²) >= 11 is 5.91. The molecule has 0 saturated carbocycles. The van der Waals surface area contributed by atoms with Crippen LogP contribution in [-0.2, 0) is 0 Å². The van der Waals surface area contributed by atoms with Crippen molar-refractivity contribution in [2.75, 3.05) is 23.3 Å². The molecule has 0 bridgehead atoms. The van der Waals surface area contributed by atoms with E-state index in [1.807, 2.05) is 0 Å². The first-order valence-corrected chi connectivity index (χ1v) is 9.05. The molecule has 2 heterocycles. The fraction of sp³-hybridized carbons (Fsp3) is 0.158. The third kappa shape index (κ3) is 3.54. The molecular formula is C19H17ClN6O2. The molecule has 0 unspecified atom stereocenters. The molecule has 1 aliphatic rings. The van der Waals surface area contributed by atoms with Crippen LogP contribution in [0, 0.1) is 6.92 Å². The summed E-state index contributed by atoms with van der Waals surface area (Å²) in [6.45, 7) is 3.02. The number of hydrogen-bond acceptors (Lipinski definition) is 4. The number of urea groups is 1. The van der Waals surface area contributed by atoms with Crippen molar-refractivity contribution in [3.05, 3.63) is 65.2 Å². The van der Waals surface area contributed by atoms with Crippen LogP contribution in [0.5, 0.6) is 0 Å². The topological polar surface area (TPSA) is 92.2 Å². The number of aromatic nitrogens is 3. The normalized spacial score (nSPS) is 13.5.